The van der Waals surface area contributed by atoms with Crippen LogP contribution >= 0.6 is 12.4 Å². The van der Waals surface area contributed by atoms with Crippen molar-refractivity contribution < 1.29 is 9.53 Å². The number of ether oxygens (including phenoxy) is 1. The van der Waals surface area contributed by atoms with Crippen LogP contribution in [0.2, 0.25) is 0 Å². The van der Waals surface area contributed by atoms with E-state index in [9.17, 15) is 4.79 Å². The topological polar surface area (TPSA) is 50.4 Å². The summed E-state index contributed by atoms with van der Waals surface area (Å²) < 4.78 is 5.95. The van der Waals surface area contributed by atoms with E-state index in [1.807, 2.05) is 55.5 Å². The number of amides is 1. The Labute approximate surface area is 149 Å². The van der Waals surface area contributed by atoms with E-state index in [4.69, 9.17) is 4.74 Å². The van der Waals surface area contributed by atoms with Crippen molar-refractivity contribution in [1.29, 1.82) is 0 Å². The zero-order chi connectivity index (χ0) is 16.1. The first-order valence-corrected chi connectivity index (χ1v) is 8.07. The SMILES string of the molecule is Cc1cccc(Oc2ccccc2NC(=O)C2CCCNC2)c1.Cl. The number of halogens is 1. The molecule has 0 bridgehead atoms. The lowest BCUT2D eigenvalue weighted by Gasteiger charge is -2.22. The van der Waals surface area contributed by atoms with Gasteiger partial charge in [-0.15, -0.1) is 12.4 Å². The van der Waals surface area contributed by atoms with Crippen molar-refractivity contribution in [3.05, 3.63) is 54.1 Å². The highest BCUT2D eigenvalue weighted by Crippen LogP contribution is 2.30. The van der Waals surface area contributed by atoms with Crippen molar-refractivity contribution in [3.63, 3.8) is 0 Å². The monoisotopic (exact) mass is 346 g/mol. The Bertz CT molecular complexity index is 685. The molecule has 1 atom stereocenters. The highest BCUT2D eigenvalue weighted by Gasteiger charge is 2.21. The molecule has 2 N–H and O–H groups in total. The van der Waals surface area contributed by atoms with E-state index in [0.29, 0.717) is 11.4 Å². The second kappa shape index (κ2) is 8.71. The predicted molar refractivity (Wildman–Crippen MR) is 99.2 cm³/mol. The molecule has 0 spiro atoms. The first-order chi connectivity index (χ1) is 11.2. The molecular formula is C19H23ClN2O2. The van der Waals surface area contributed by atoms with Gasteiger partial charge < -0.3 is 15.4 Å². The van der Waals surface area contributed by atoms with Gasteiger partial charge >= 0.3 is 0 Å². The Balaban J connectivity index is 0.00000208. The van der Waals surface area contributed by atoms with Gasteiger partial charge in [-0.3, -0.25) is 4.79 Å². The van der Waals surface area contributed by atoms with Gasteiger partial charge in [0.1, 0.15) is 5.75 Å². The molecule has 1 heterocycles. The number of hydrogen-bond donors (Lipinski definition) is 2. The lowest BCUT2D eigenvalue weighted by atomic mass is 9.99. The molecule has 4 nitrogen and oxygen atoms in total. The number of carbonyl (C=O) groups is 1. The minimum Gasteiger partial charge on any atom is -0.455 e. The fourth-order valence-electron chi connectivity index (χ4n) is 2.78. The van der Waals surface area contributed by atoms with Crippen LogP contribution in [0.15, 0.2) is 48.5 Å². The average Bonchev–Trinajstić information content (AvgIpc) is 2.57. The van der Waals surface area contributed by atoms with Crippen LogP contribution < -0.4 is 15.4 Å². The molecule has 3 rings (SSSR count). The molecule has 1 fully saturated rings. The number of nitrogens with one attached hydrogen (secondary N) is 2. The van der Waals surface area contributed by atoms with Gasteiger partial charge in [0.25, 0.3) is 0 Å². The molecule has 5 heteroatoms. The number of anilines is 1. The molecule has 128 valence electrons. The Morgan fingerprint density at radius 2 is 2.04 bits per heavy atom. The minimum atomic E-state index is 0. The molecule has 0 aliphatic carbocycles. The standard InChI is InChI=1S/C19H22N2O2.ClH/c1-14-6-4-8-16(12-14)23-18-10-3-2-9-17(18)21-19(22)15-7-5-11-20-13-15;/h2-4,6,8-10,12,15,20H,5,7,11,13H2,1H3,(H,21,22);1H. The third kappa shape index (κ3) is 4.73. The van der Waals surface area contributed by atoms with Gasteiger partial charge in [-0.05, 0) is 56.1 Å². The van der Waals surface area contributed by atoms with Crippen LogP contribution in [0.25, 0.3) is 0 Å². The van der Waals surface area contributed by atoms with E-state index < -0.39 is 0 Å². The summed E-state index contributed by atoms with van der Waals surface area (Å²) in [6.45, 7) is 3.76. The number of rotatable bonds is 4. The number of carbonyl (C=O) groups excluding carboxylic acids is 1. The molecule has 0 aromatic heterocycles. The average molecular weight is 347 g/mol. The van der Waals surface area contributed by atoms with Crippen LogP contribution in [0, 0.1) is 12.8 Å². The zero-order valence-electron chi connectivity index (χ0n) is 13.7. The molecule has 1 aliphatic heterocycles. The van der Waals surface area contributed by atoms with E-state index >= 15 is 0 Å². The molecule has 24 heavy (non-hydrogen) atoms. The van der Waals surface area contributed by atoms with E-state index in [0.717, 1.165) is 37.2 Å². The summed E-state index contributed by atoms with van der Waals surface area (Å²) in [4.78, 5) is 12.4. The fourth-order valence-corrected chi connectivity index (χ4v) is 2.78. The van der Waals surface area contributed by atoms with E-state index in [-0.39, 0.29) is 24.2 Å². The Morgan fingerprint density at radius 1 is 1.21 bits per heavy atom. The first-order valence-electron chi connectivity index (χ1n) is 8.07. The summed E-state index contributed by atoms with van der Waals surface area (Å²) in [6, 6.07) is 15.4. The van der Waals surface area contributed by atoms with Crippen molar-refractivity contribution in [2.24, 2.45) is 5.92 Å². The van der Waals surface area contributed by atoms with Crippen molar-refractivity contribution in [2.75, 3.05) is 18.4 Å². The minimum absolute atomic E-state index is 0. The number of benzene rings is 2. The third-order valence-corrected chi connectivity index (χ3v) is 4.03. The van der Waals surface area contributed by atoms with Gasteiger partial charge in [-0.25, -0.2) is 0 Å². The van der Waals surface area contributed by atoms with Crippen LogP contribution in [0.1, 0.15) is 18.4 Å². The maximum Gasteiger partial charge on any atom is 0.228 e. The van der Waals surface area contributed by atoms with E-state index in [1.165, 1.54) is 0 Å². The quantitative estimate of drug-likeness (QED) is 0.874. The van der Waals surface area contributed by atoms with Crippen molar-refractivity contribution in [2.45, 2.75) is 19.8 Å². The maximum atomic E-state index is 12.4. The number of aryl methyl sites for hydroxylation is 1. The summed E-state index contributed by atoms with van der Waals surface area (Å²) in [5, 5.41) is 6.28. The second-order valence-electron chi connectivity index (χ2n) is 5.95. The molecular weight excluding hydrogens is 324 g/mol. The highest BCUT2D eigenvalue weighted by molar-refractivity contribution is 5.94. The summed E-state index contributed by atoms with van der Waals surface area (Å²) in [7, 11) is 0. The third-order valence-electron chi connectivity index (χ3n) is 4.03. The molecule has 0 radical (unpaired) electrons. The van der Waals surface area contributed by atoms with Gasteiger partial charge in [0.2, 0.25) is 5.91 Å². The van der Waals surface area contributed by atoms with Crippen LogP contribution in [0.5, 0.6) is 11.5 Å². The molecule has 1 unspecified atom stereocenters. The normalized spacial score (nSPS) is 16.8. The van der Waals surface area contributed by atoms with Crippen LogP contribution in [-0.2, 0) is 4.79 Å². The van der Waals surface area contributed by atoms with Crippen molar-refractivity contribution >= 4 is 24.0 Å². The van der Waals surface area contributed by atoms with Gasteiger partial charge in [-0.2, -0.15) is 0 Å². The molecule has 0 saturated carbocycles. The maximum absolute atomic E-state index is 12.4. The Morgan fingerprint density at radius 3 is 2.79 bits per heavy atom. The van der Waals surface area contributed by atoms with Crippen molar-refractivity contribution in [3.8, 4) is 11.5 Å². The van der Waals surface area contributed by atoms with E-state index in [1.54, 1.807) is 0 Å². The Kier molecular flexibility index (Phi) is 6.64. The molecule has 2 aromatic carbocycles. The number of hydrogen-bond acceptors (Lipinski definition) is 3. The second-order valence-corrected chi connectivity index (χ2v) is 5.95. The predicted octanol–water partition coefficient (Wildman–Crippen LogP) is 4.15. The number of piperidine rings is 1. The zero-order valence-corrected chi connectivity index (χ0v) is 14.6. The molecule has 1 saturated heterocycles. The lowest BCUT2D eigenvalue weighted by Crippen LogP contribution is -2.37. The first kappa shape index (κ1) is 18.3. The summed E-state index contributed by atoms with van der Waals surface area (Å²) >= 11 is 0. The largest absolute Gasteiger partial charge is 0.455 e. The van der Waals surface area contributed by atoms with Gasteiger partial charge in [0.05, 0.1) is 11.6 Å². The van der Waals surface area contributed by atoms with Crippen LogP contribution in [0.3, 0.4) is 0 Å². The Hall–Kier alpha value is -2.04. The van der Waals surface area contributed by atoms with Gasteiger partial charge in [0, 0.05) is 6.54 Å². The highest BCUT2D eigenvalue weighted by atomic mass is 35.5. The lowest BCUT2D eigenvalue weighted by molar-refractivity contribution is -0.120. The van der Waals surface area contributed by atoms with Crippen molar-refractivity contribution in [1.82, 2.24) is 5.32 Å². The van der Waals surface area contributed by atoms with E-state index in [2.05, 4.69) is 10.6 Å². The molecule has 2 aromatic rings. The van der Waals surface area contributed by atoms with Gasteiger partial charge in [0.15, 0.2) is 5.75 Å². The summed E-state index contributed by atoms with van der Waals surface area (Å²) in [6.07, 6.45) is 1.97. The summed E-state index contributed by atoms with van der Waals surface area (Å²) in [5.74, 6) is 1.51. The van der Waals surface area contributed by atoms with Crippen LogP contribution in [0.4, 0.5) is 5.69 Å². The fraction of sp³-hybridized carbons (Fsp3) is 0.316. The smallest absolute Gasteiger partial charge is 0.228 e. The number of para-hydroxylation sites is 2. The molecule has 1 aliphatic rings. The molecule has 1 amide bonds. The summed E-state index contributed by atoms with van der Waals surface area (Å²) in [5.41, 5.74) is 1.85. The van der Waals surface area contributed by atoms with Crippen LogP contribution in [-0.4, -0.2) is 19.0 Å². The van der Waals surface area contributed by atoms with Gasteiger partial charge in [-0.1, -0.05) is 24.3 Å².